The van der Waals surface area contributed by atoms with Gasteiger partial charge >= 0.3 is 0 Å². The predicted molar refractivity (Wildman–Crippen MR) is 81.3 cm³/mol. The van der Waals surface area contributed by atoms with E-state index < -0.39 is 0 Å². The maximum Gasteiger partial charge on any atom is 0.257 e. The van der Waals surface area contributed by atoms with Crippen LogP contribution in [-0.2, 0) is 6.54 Å². The van der Waals surface area contributed by atoms with Gasteiger partial charge in [-0.15, -0.1) is 6.58 Å². The molecule has 1 heterocycles. The number of aromatic amines is 1. The standard InChI is InChI=1S/C16H19N3O2/c1-4-8-19(16(20)15-10-17-18-12(15)2)11-13-6-5-7-14(9-13)21-3/h4-7,9-10H,1,8,11H2,2-3H3,(H,17,18). The number of methoxy groups -OCH3 is 1. The van der Waals surface area contributed by atoms with Gasteiger partial charge in [-0.05, 0) is 24.6 Å². The van der Waals surface area contributed by atoms with Crippen molar-refractivity contribution >= 4 is 5.91 Å². The molecule has 2 rings (SSSR count). The average molecular weight is 285 g/mol. The molecule has 0 unspecified atom stereocenters. The molecule has 21 heavy (non-hydrogen) atoms. The van der Waals surface area contributed by atoms with E-state index in [1.165, 1.54) is 0 Å². The summed E-state index contributed by atoms with van der Waals surface area (Å²) in [6, 6.07) is 7.68. The summed E-state index contributed by atoms with van der Waals surface area (Å²) >= 11 is 0. The summed E-state index contributed by atoms with van der Waals surface area (Å²) in [6.07, 6.45) is 3.27. The topological polar surface area (TPSA) is 58.2 Å². The highest BCUT2D eigenvalue weighted by atomic mass is 16.5. The van der Waals surface area contributed by atoms with E-state index in [1.54, 1.807) is 24.3 Å². The van der Waals surface area contributed by atoms with Crippen molar-refractivity contribution in [2.45, 2.75) is 13.5 Å². The van der Waals surface area contributed by atoms with Crippen molar-refractivity contribution in [3.8, 4) is 5.75 Å². The van der Waals surface area contributed by atoms with Crippen LogP contribution in [0.1, 0.15) is 21.6 Å². The second-order valence-corrected chi connectivity index (χ2v) is 4.73. The number of hydrogen-bond donors (Lipinski definition) is 1. The molecule has 0 aliphatic carbocycles. The molecule has 0 saturated carbocycles. The van der Waals surface area contributed by atoms with Crippen LogP contribution < -0.4 is 4.74 Å². The van der Waals surface area contributed by atoms with Gasteiger partial charge in [0.15, 0.2) is 0 Å². The lowest BCUT2D eigenvalue weighted by atomic mass is 10.1. The van der Waals surface area contributed by atoms with Gasteiger partial charge in [0.05, 0.1) is 18.9 Å². The van der Waals surface area contributed by atoms with Crippen molar-refractivity contribution in [3.05, 3.63) is 59.9 Å². The largest absolute Gasteiger partial charge is 0.497 e. The first-order chi connectivity index (χ1) is 10.2. The third kappa shape index (κ3) is 3.51. The lowest BCUT2D eigenvalue weighted by molar-refractivity contribution is 0.0762. The summed E-state index contributed by atoms with van der Waals surface area (Å²) < 4.78 is 5.21. The highest BCUT2D eigenvalue weighted by Crippen LogP contribution is 2.16. The highest BCUT2D eigenvalue weighted by Gasteiger charge is 2.18. The number of aromatic nitrogens is 2. The fraction of sp³-hybridized carbons (Fsp3) is 0.250. The Kier molecular flexibility index (Phi) is 4.77. The number of aryl methyl sites for hydroxylation is 1. The fourth-order valence-corrected chi connectivity index (χ4v) is 2.10. The normalized spacial score (nSPS) is 10.2. The second kappa shape index (κ2) is 6.74. The zero-order valence-corrected chi connectivity index (χ0v) is 12.3. The van der Waals surface area contributed by atoms with Crippen LogP contribution in [0.25, 0.3) is 0 Å². The highest BCUT2D eigenvalue weighted by molar-refractivity contribution is 5.95. The van der Waals surface area contributed by atoms with E-state index in [0.717, 1.165) is 17.0 Å². The summed E-state index contributed by atoms with van der Waals surface area (Å²) in [5.74, 6) is 0.710. The number of rotatable bonds is 6. The first kappa shape index (κ1) is 14.8. The Bertz CT molecular complexity index is 634. The first-order valence-electron chi connectivity index (χ1n) is 6.68. The Morgan fingerprint density at radius 3 is 2.95 bits per heavy atom. The van der Waals surface area contributed by atoms with E-state index >= 15 is 0 Å². The third-order valence-electron chi connectivity index (χ3n) is 3.20. The van der Waals surface area contributed by atoms with Crippen molar-refractivity contribution < 1.29 is 9.53 Å². The number of benzene rings is 1. The Morgan fingerprint density at radius 1 is 1.52 bits per heavy atom. The molecule has 0 aliphatic heterocycles. The van der Waals surface area contributed by atoms with Crippen LogP contribution in [0.4, 0.5) is 0 Å². The molecule has 1 N–H and O–H groups in total. The summed E-state index contributed by atoms with van der Waals surface area (Å²) in [4.78, 5) is 14.3. The van der Waals surface area contributed by atoms with Crippen LogP contribution in [0, 0.1) is 6.92 Å². The molecule has 0 aliphatic rings. The molecule has 2 aromatic rings. The van der Waals surface area contributed by atoms with Crippen LogP contribution in [0.15, 0.2) is 43.1 Å². The number of H-pyrrole nitrogens is 1. The minimum atomic E-state index is -0.0658. The predicted octanol–water partition coefficient (Wildman–Crippen LogP) is 2.56. The second-order valence-electron chi connectivity index (χ2n) is 4.73. The number of ether oxygens (including phenoxy) is 1. The molecular weight excluding hydrogens is 266 g/mol. The molecule has 5 nitrogen and oxygen atoms in total. The molecule has 1 aromatic heterocycles. The summed E-state index contributed by atoms with van der Waals surface area (Å²) in [5, 5.41) is 6.69. The van der Waals surface area contributed by atoms with Crippen molar-refractivity contribution in [1.82, 2.24) is 15.1 Å². The van der Waals surface area contributed by atoms with E-state index in [-0.39, 0.29) is 5.91 Å². The molecule has 0 radical (unpaired) electrons. The van der Waals surface area contributed by atoms with E-state index in [4.69, 9.17) is 4.74 Å². The minimum Gasteiger partial charge on any atom is -0.497 e. The molecule has 5 heteroatoms. The van der Waals surface area contributed by atoms with Gasteiger partial charge in [-0.25, -0.2) is 0 Å². The van der Waals surface area contributed by atoms with E-state index in [1.807, 2.05) is 31.2 Å². The Labute approximate surface area is 124 Å². The van der Waals surface area contributed by atoms with Gasteiger partial charge in [0.2, 0.25) is 0 Å². The number of carbonyl (C=O) groups is 1. The number of nitrogens with one attached hydrogen (secondary N) is 1. The Balaban J connectivity index is 2.20. The Hall–Kier alpha value is -2.56. The molecular formula is C16H19N3O2. The molecule has 0 saturated heterocycles. The molecule has 0 atom stereocenters. The maximum atomic E-state index is 12.6. The summed E-state index contributed by atoms with van der Waals surface area (Å²) in [7, 11) is 1.63. The van der Waals surface area contributed by atoms with Gasteiger partial charge in [-0.1, -0.05) is 18.2 Å². The summed E-state index contributed by atoms with van der Waals surface area (Å²) in [6.45, 7) is 6.52. The minimum absolute atomic E-state index is 0.0658. The van der Waals surface area contributed by atoms with Gasteiger partial charge in [-0.2, -0.15) is 5.10 Å². The van der Waals surface area contributed by atoms with Crippen LogP contribution >= 0.6 is 0 Å². The zero-order valence-electron chi connectivity index (χ0n) is 12.3. The lowest BCUT2D eigenvalue weighted by Crippen LogP contribution is -2.30. The molecule has 0 bridgehead atoms. The van der Waals surface area contributed by atoms with Crippen LogP contribution in [0.3, 0.4) is 0 Å². The first-order valence-corrected chi connectivity index (χ1v) is 6.68. The molecule has 1 aromatic carbocycles. The number of hydrogen-bond acceptors (Lipinski definition) is 3. The van der Waals surface area contributed by atoms with Crippen molar-refractivity contribution in [3.63, 3.8) is 0 Å². The monoisotopic (exact) mass is 285 g/mol. The molecule has 0 spiro atoms. The SMILES string of the molecule is C=CCN(Cc1cccc(OC)c1)C(=O)c1cn[nH]c1C. The third-order valence-corrected chi connectivity index (χ3v) is 3.20. The lowest BCUT2D eigenvalue weighted by Gasteiger charge is -2.21. The molecule has 110 valence electrons. The number of amides is 1. The number of nitrogens with zero attached hydrogens (tertiary/aromatic N) is 2. The van der Waals surface area contributed by atoms with Crippen LogP contribution in [0.2, 0.25) is 0 Å². The van der Waals surface area contributed by atoms with Gasteiger partial charge in [0.1, 0.15) is 5.75 Å². The van der Waals surface area contributed by atoms with Crippen molar-refractivity contribution in [2.24, 2.45) is 0 Å². The van der Waals surface area contributed by atoms with Crippen molar-refractivity contribution in [1.29, 1.82) is 0 Å². The molecule has 0 fully saturated rings. The van der Waals surface area contributed by atoms with Crippen LogP contribution in [0.5, 0.6) is 5.75 Å². The van der Waals surface area contributed by atoms with Gasteiger partial charge in [0, 0.05) is 18.8 Å². The van der Waals surface area contributed by atoms with Crippen LogP contribution in [-0.4, -0.2) is 34.7 Å². The van der Waals surface area contributed by atoms with E-state index in [9.17, 15) is 4.79 Å². The van der Waals surface area contributed by atoms with E-state index in [2.05, 4.69) is 16.8 Å². The maximum absolute atomic E-state index is 12.6. The Morgan fingerprint density at radius 2 is 2.33 bits per heavy atom. The smallest absolute Gasteiger partial charge is 0.257 e. The quantitative estimate of drug-likeness (QED) is 0.830. The zero-order chi connectivity index (χ0) is 15.2. The average Bonchev–Trinajstić information content (AvgIpc) is 2.92. The van der Waals surface area contributed by atoms with Crippen molar-refractivity contribution in [2.75, 3.05) is 13.7 Å². The number of carbonyl (C=O) groups excluding carboxylic acids is 1. The fourth-order valence-electron chi connectivity index (χ4n) is 2.10. The van der Waals surface area contributed by atoms with Gasteiger partial charge < -0.3 is 9.64 Å². The molecule has 1 amide bonds. The van der Waals surface area contributed by atoms with E-state index in [0.29, 0.717) is 18.7 Å². The summed E-state index contributed by atoms with van der Waals surface area (Å²) in [5.41, 5.74) is 2.35. The van der Waals surface area contributed by atoms with Gasteiger partial charge in [0.25, 0.3) is 5.91 Å². The van der Waals surface area contributed by atoms with Gasteiger partial charge in [-0.3, -0.25) is 9.89 Å².